The summed E-state index contributed by atoms with van der Waals surface area (Å²) in [7, 11) is 0. The molecule has 0 aromatic heterocycles. The van der Waals surface area contributed by atoms with Crippen LogP contribution in [0.2, 0.25) is 0 Å². The molecule has 1 aromatic rings. The van der Waals surface area contributed by atoms with Crippen molar-refractivity contribution in [2.45, 2.75) is 0 Å². The summed E-state index contributed by atoms with van der Waals surface area (Å²) < 4.78 is 0. The van der Waals surface area contributed by atoms with Crippen molar-refractivity contribution in [3.05, 3.63) is 40.5 Å². The maximum atomic E-state index is 11.5. The second kappa shape index (κ2) is 7.04. The largest absolute Gasteiger partial charge is 0.872 e. The van der Waals surface area contributed by atoms with Crippen molar-refractivity contribution in [1.82, 2.24) is 10.7 Å². The third-order valence-corrected chi connectivity index (χ3v) is 2.30. The molecular weight excluding hydrogens is 284 g/mol. The molecule has 8 nitrogen and oxygen atoms in total. The van der Waals surface area contributed by atoms with Crippen molar-refractivity contribution in [2.75, 3.05) is 6.54 Å². The highest BCUT2D eigenvalue weighted by atomic mass is 32.1. The van der Waals surface area contributed by atoms with Gasteiger partial charge in [-0.05, 0) is 23.5 Å². The SMILES string of the molecule is C=CCNC(=S)NN=Cc1cc([N+](=O)[O-])c([O-])cc1[O-]. The molecule has 1 aromatic carbocycles. The molecule has 1 rings (SSSR count). The summed E-state index contributed by atoms with van der Waals surface area (Å²) in [6.07, 6.45) is 2.64. The van der Waals surface area contributed by atoms with Crippen LogP contribution in [0.3, 0.4) is 0 Å². The van der Waals surface area contributed by atoms with Gasteiger partial charge < -0.3 is 15.5 Å². The number of rotatable bonds is 5. The molecule has 106 valence electrons. The number of nitrogens with zero attached hydrogens (tertiary/aromatic N) is 2. The third-order valence-electron chi connectivity index (χ3n) is 2.06. The highest BCUT2D eigenvalue weighted by Gasteiger charge is 2.08. The standard InChI is InChI=1S/C11H12N4O4S/c1-2-3-12-11(20)14-13-6-7-4-8(15(18)19)10(17)5-9(7)16/h2,4-6,16-17H,1,3H2,(H2,12,14,20)/p-2. The van der Waals surface area contributed by atoms with Gasteiger partial charge in [-0.2, -0.15) is 5.10 Å². The summed E-state index contributed by atoms with van der Waals surface area (Å²) >= 11 is 4.84. The van der Waals surface area contributed by atoms with Gasteiger partial charge in [-0.25, -0.2) is 0 Å². The lowest BCUT2D eigenvalue weighted by atomic mass is 10.2. The van der Waals surface area contributed by atoms with Gasteiger partial charge in [-0.15, -0.1) is 12.3 Å². The van der Waals surface area contributed by atoms with E-state index in [0.29, 0.717) is 12.6 Å². The molecule has 0 aliphatic heterocycles. The zero-order valence-electron chi connectivity index (χ0n) is 10.2. The van der Waals surface area contributed by atoms with Gasteiger partial charge in [-0.1, -0.05) is 12.1 Å². The predicted octanol–water partition coefficient (Wildman–Crippen LogP) is -0.274. The second-order valence-corrected chi connectivity index (χ2v) is 3.89. The van der Waals surface area contributed by atoms with Crippen LogP contribution in [0, 0.1) is 10.1 Å². The Morgan fingerprint density at radius 1 is 1.45 bits per heavy atom. The third kappa shape index (κ3) is 4.21. The molecule has 0 aliphatic carbocycles. The van der Waals surface area contributed by atoms with Crippen LogP contribution in [-0.2, 0) is 0 Å². The molecule has 0 heterocycles. The maximum Gasteiger partial charge on any atom is 0.262 e. The normalized spacial score (nSPS) is 10.2. The fourth-order valence-electron chi connectivity index (χ4n) is 1.17. The molecule has 0 aliphatic rings. The van der Waals surface area contributed by atoms with E-state index in [1.165, 1.54) is 0 Å². The van der Waals surface area contributed by atoms with Crippen molar-refractivity contribution < 1.29 is 15.1 Å². The van der Waals surface area contributed by atoms with Crippen molar-refractivity contribution in [3.8, 4) is 11.5 Å². The van der Waals surface area contributed by atoms with Crippen LogP contribution < -0.4 is 21.0 Å². The van der Waals surface area contributed by atoms with Crippen LogP contribution in [-0.4, -0.2) is 22.8 Å². The number of hydrogen-bond acceptors (Lipinski definition) is 6. The van der Waals surface area contributed by atoms with Crippen LogP contribution >= 0.6 is 12.2 Å². The van der Waals surface area contributed by atoms with Gasteiger partial charge in [0.15, 0.2) is 5.11 Å². The van der Waals surface area contributed by atoms with Crippen molar-refractivity contribution in [3.63, 3.8) is 0 Å². The van der Waals surface area contributed by atoms with E-state index in [1.54, 1.807) is 6.08 Å². The van der Waals surface area contributed by atoms with Crippen LogP contribution in [0.15, 0.2) is 29.9 Å². The zero-order chi connectivity index (χ0) is 15.1. The van der Waals surface area contributed by atoms with Gasteiger partial charge in [0.05, 0.1) is 11.1 Å². The summed E-state index contributed by atoms with van der Waals surface area (Å²) in [6.45, 7) is 3.92. The molecule has 9 heteroatoms. The Kier molecular flexibility index (Phi) is 5.42. The van der Waals surface area contributed by atoms with Gasteiger partial charge in [0.25, 0.3) is 5.69 Å². The number of benzene rings is 1. The highest BCUT2D eigenvalue weighted by Crippen LogP contribution is 2.28. The van der Waals surface area contributed by atoms with E-state index in [4.69, 9.17) is 12.2 Å². The molecule has 0 bridgehead atoms. The van der Waals surface area contributed by atoms with E-state index in [0.717, 1.165) is 12.3 Å². The van der Waals surface area contributed by atoms with Gasteiger partial charge in [-0.3, -0.25) is 15.5 Å². The molecule has 0 unspecified atom stereocenters. The van der Waals surface area contributed by atoms with Crippen molar-refractivity contribution in [2.24, 2.45) is 5.10 Å². The number of nitro groups is 1. The van der Waals surface area contributed by atoms with Crippen LogP contribution in [0.1, 0.15) is 5.56 Å². The van der Waals surface area contributed by atoms with E-state index >= 15 is 0 Å². The molecule has 0 spiro atoms. The summed E-state index contributed by atoms with van der Waals surface area (Å²) in [6, 6.07) is 1.52. The van der Waals surface area contributed by atoms with Crippen molar-refractivity contribution >= 4 is 29.2 Å². The average Bonchev–Trinajstić information content (AvgIpc) is 2.38. The van der Waals surface area contributed by atoms with E-state index in [2.05, 4.69) is 22.4 Å². The van der Waals surface area contributed by atoms with E-state index < -0.39 is 22.1 Å². The van der Waals surface area contributed by atoms with Crippen molar-refractivity contribution in [1.29, 1.82) is 0 Å². The second-order valence-electron chi connectivity index (χ2n) is 3.48. The molecule has 0 amide bonds. The molecule has 0 atom stereocenters. The number of nitro benzene ring substituents is 1. The van der Waals surface area contributed by atoms with Crippen LogP contribution in [0.4, 0.5) is 5.69 Å². The van der Waals surface area contributed by atoms with E-state index in [9.17, 15) is 20.3 Å². The first-order chi connectivity index (χ1) is 9.45. The number of nitrogens with one attached hydrogen (secondary N) is 2. The zero-order valence-corrected chi connectivity index (χ0v) is 11.0. The fourth-order valence-corrected chi connectivity index (χ4v) is 1.31. The Hall–Kier alpha value is -2.68. The molecule has 2 N–H and O–H groups in total. The number of hydrazone groups is 1. The minimum atomic E-state index is -0.937. The molecule has 0 saturated carbocycles. The van der Waals surface area contributed by atoms with Gasteiger partial charge >= 0.3 is 0 Å². The highest BCUT2D eigenvalue weighted by molar-refractivity contribution is 7.80. The molecule has 0 fully saturated rings. The lowest BCUT2D eigenvalue weighted by molar-refractivity contribution is -0.398. The number of thiocarbonyl (C=S) groups is 1. The summed E-state index contributed by atoms with van der Waals surface area (Å²) in [4.78, 5) is 9.73. The Bertz CT molecular complexity index is 574. The smallest absolute Gasteiger partial charge is 0.262 e. The lowest BCUT2D eigenvalue weighted by Crippen LogP contribution is -2.31. The number of hydrogen-bond donors (Lipinski definition) is 2. The monoisotopic (exact) mass is 294 g/mol. The lowest BCUT2D eigenvalue weighted by Gasteiger charge is -2.15. The molecule has 20 heavy (non-hydrogen) atoms. The Labute approximate surface area is 119 Å². The molecular formula is C11H10N4O4S-2. The summed E-state index contributed by atoms with van der Waals surface area (Å²) in [5, 5.41) is 39.8. The van der Waals surface area contributed by atoms with Gasteiger partial charge in [0.2, 0.25) is 0 Å². The first-order valence-corrected chi connectivity index (χ1v) is 5.70. The first-order valence-electron chi connectivity index (χ1n) is 5.30. The summed E-state index contributed by atoms with van der Waals surface area (Å²) in [5.41, 5.74) is 1.64. The topological polar surface area (TPSA) is 126 Å². The maximum absolute atomic E-state index is 11.5. The quantitative estimate of drug-likeness (QED) is 0.251. The Balaban J connectivity index is 2.81. The average molecular weight is 294 g/mol. The predicted molar refractivity (Wildman–Crippen MR) is 73.5 cm³/mol. The van der Waals surface area contributed by atoms with Gasteiger partial charge in [0.1, 0.15) is 0 Å². The van der Waals surface area contributed by atoms with E-state index in [-0.39, 0.29) is 10.7 Å². The minimum Gasteiger partial charge on any atom is -0.872 e. The summed E-state index contributed by atoms with van der Waals surface area (Å²) in [5.74, 6) is -1.59. The van der Waals surface area contributed by atoms with Crippen LogP contribution in [0.5, 0.6) is 11.5 Å². The first kappa shape index (κ1) is 15.4. The van der Waals surface area contributed by atoms with Crippen LogP contribution in [0.25, 0.3) is 0 Å². The molecule has 0 saturated heterocycles. The fraction of sp³-hybridized carbons (Fsp3) is 0.0909. The molecule has 0 radical (unpaired) electrons. The van der Waals surface area contributed by atoms with E-state index in [1.807, 2.05) is 0 Å². The Morgan fingerprint density at radius 3 is 2.75 bits per heavy atom. The van der Waals surface area contributed by atoms with Gasteiger partial charge in [0, 0.05) is 12.6 Å². The Morgan fingerprint density at radius 2 is 2.15 bits per heavy atom. The minimum absolute atomic E-state index is 0.0877.